The first kappa shape index (κ1) is 22.9. The van der Waals surface area contributed by atoms with Gasteiger partial charge in [-0.25, -0.2) is 0 Å². The van der Waals surface area contributed by atoms with Gasteiger partial charge in [0, 0.05) is 45.2 Å². The summed E-state index contributed by atoms with van der Waals surface area (Å²) in [6.45, 7) is 9.39. The molecular formula is C16H34Cl2N4O. The van der Waals surface area contributed by atoms with Crippen LogP contribution < -0.4 is 11.1 Å². The Kier molecular flexibility index (Phi) is 12.3. The summed E-state index contributed by atoms with van der Waals surface area (Å²) in [6.07, 6.45) is 5.37. The fourth-order valence-electron chi connectivity index (χ4n) is 3.55. The summed E-state index contributed by atoms with van der Waals surface area (Å²) >= 11 is 0. The van der Waals surface area contributed by atoms with Crippen LogP contribution in [-0.4, -0.2) is 67.6 Å². The van der Waals surface area contributed by atoms with Gasteiger partial charge in [-0.2, -0.15) is 0 Å². The number of carbonyl (C=O) groups is 1. The maximum Gasteiger partial charge on any atom is 0.221 e. The number of amides is 1. The van der Waals surface area contributed by atoms with E-state index in [9.17, 15) is 4.79 Å². The minimum Gasteiger partial charge on any atom is -0.353 e. The highest BCUT2D eigenvalue weighted by molar-refractivity contribution is 5.85. The topological polar surface area (TPSA) is 61.6 Å². The van der Waals surface area contributed by atoms with Gasteiger partial charge < -0.3 is 20.9 Å². The van der Waals surface area contributed by atoms with E-state index < -0.39 is 0 Å². The predicted octanol–water partition coefficient (Wildman–Crippen LogP) is 1.49. The molecule has 3 N–H and O–H groups in total. The molecule has 0 aromatic heterocycles. The van der Waals surface area contributed by atoms with E-state index in [1.54, 1.807) is 0 Å². The molecule has 2 rings (SSSR count). The van der Waals surface area contributed by atoms with Crippen LogP contribution in [0.1, 0.15) is 39.0 Å². The standard InChI is InChI=1S/C16H32N4O.2ClH/c1-2-19-9-11-20(12-10-19)8-7-16(21)18-15-6-4-3-5-14(15)13-17;;/h14-15H,2-13,17H2,1H3,(H,18,21);2*1H. The number of likely N-dealkylation sites (N-methyl/N-ethyl adjacent to an activating group) is 1. The average molecular weight is 369 g/mol. The zero-order valence-corrected chi connectivity index (χ0v) is 16.0. The van der Waals surface area contributed by atoms with E-state index in [-0.39, 0.29) is 30.7 Å². The number of nitrogens with zero attached hydrogens (tertiary/aromatic N) is 2. The molecule has 0 aromatic rings. The molecule has 1 saturated carbocycles. The Balaban J connectivity index is 0.00000242. The van der Waals surface area contributed by atoms with E-state index >= 15 is 0 Å². The molecule has 138 valence electrons. The van der Waals surface area contributed by atoms with Crippen LogP contribution in [0, 0.1) is 5.92 Å². The van der Waals surface area contributed by atoms with Crippen molar-refractivity contribution in [2.75, 3.05) is 45.8 Å². The first-order valence-corrected chi connectivity index (χ1v) is 8.67. The third-order valence-corrected chi connectivity index (χ3v) is 5.13. The third kappa shape index (κ3) is 7.57. The summed E-state index contributed by atoms with van der Waals surface area (Å²) < 4.78 is 0. The molecule has 2 fully saturated rings. The fraction of sp³-hybridized carbons (Fsp3) is 0.938. The van der Waals surface area contributed by atoms with Crippen molar-refractivity contribution < 1.29 is 4.79 Å². The van der Waals surface area contributed by atoms with Crippen molar-refractivity contribution in [2.24, 2.45) is 11.7 Å². The molecule has 1 heterocycles. The summed E-state index contributed by atoms with van der Waals surface area (Å²) in [5.41, 5.74) is 5.82. The Bertz CT molecular complexity index is 325. The Morgan fingerprint density at radius 3 is 2.30 bits per heavy atom. The SMILES string of the molecule is CCN1CCN(CCC(=O)NC2CCCCC2CN)CC1.Cl.Cl. The average Bonchev–Trinajstić information content (AvgIpc) is 2.54. The summed E-state index contributed by atoms with van der Waals surface area (Å²) in [5.74, 6) is 0.689. The van der Waals surface area contributed by atoms with E-state index in [2.05, 4.69) is 22.0 Å². The Morgan fingerprint density at radius 2 is 1.70 bits per heavy atom. The minimum atomic E-state index is 0. The van der Waals surface area contributed by atoms with Crippen LogP contribution in [0.2, 0.25) is 0 Å². The van der Waals surface area contributed by atoms with Crippen molar-refractivity contribution in [1.29, 1.82) is 0 Å². The van der Waals surface area contributed by atoms with Gasteiger partial charge in [0.25, 0.3) is 0 Å². The van der Waals surface area contributed by atoms with Crippen LogP contribution in [0.25, 0.3) is 0 Å². The second kappa shape index (κ2) is 12.3. The molecular weight excluding hydrogens is 335 g/mol. The van der Waals surface area contributed by atoms with Crippen molar-refractivity contribution in [2.45, 2.75) is 45.1 Å². The molecule has 0 spiro atoms. The summed E-state index contributed by atoms with van der Waals surface area (Å²) in [7, 11) is 0. The maximum atomic E-state index is 12.1. The smallest absolute Gasteiger partial charge is 0.221 e. The molecule has 0 bridgehead atoms. The van der Waals surface area contributed by atoms with Gasteiger partial charge in [-0.15, -0.1) is 24.8 Å². The van der Waals surface area contributed by atoms with E-state index in [1.807, 2.05) is 0 Å². The Labute approximate surface area is 153 Å². The van der Waals surface area contributed by atoms with E-state index in [4.69, 9.17) is 5.73 Å². The van der Waals surface area contributed by atoms with Crippen molar-refractivity contribution in [3.8, 4) is 0 Å². The fourth-order valence-corrected chi connectivity index (χ4v) is 3.55. The first-order valence-electron chi connectivity index (χ1n) is 8.67. The number of hydrogen-bond acceptors (Lipinski definition) is 4. The number of rotatable bonds is 6. The highest BCUT2D eigenvalue weighted by Crippen LogP contribution is 2.23. The highest BCUT2D eigenvalue weighted by atomic mass is 35.5. The molecule has 1 amide bonds. The molecule has 1 saturated heterocycles. The van der Waals surface area contributed by atoms with E-state index in [1.165, 1.54) is 19.3 Å². The van der Waals surface area contributed by atoms with Crippen LogP contribution in [-0.2, 0) is 4.79 Å². The molecule has 5 nitrogen and oxygen atoms in total. The van der Waals surface area contributed by atoms with Crippen LogP contribution in [0.5, 0.6) is 0 Å². The predicted molar refractivity (Wildman–Crippen MR) is 101 cm³/mol. The second-order valence-corrected chi connectivity index (χ2v) is 6.48. The lowest BCUT2D eigenvalue weighted by Crippen LogP contribution is -2.48. The van der Waals surface area contributed by atoms with Gasteiger partial charge in [-0.3, -0.25) is 4.79 Å². The van der Waals surface area contributed by atoms with Crippen LogP contribution in [0.4, 0.5) is 0 Å². The van der Waals surface area contributed by atoms with Crippen molar-refractivity contribution in [1.82, 2.24) is 15.1 Å². The summed E-state index contributed by atoms with van der Waals surface area (Å²) in [6, 6.07) is 0.313. The Morgan fingerprint density at radius 1 is 1.09 bits per heavy atom. The van der Waals surface area contributed by atoms with Gasteiger partial charge in [0.15, 0.2) is 0 Å². The van der Waals surface area contributed by atoms with Crippen LogP contribution >= 0.6 is 24.8 Å². The zero-order valence-electron chi connectivity index (χ0n) is 14.3. The quantitative estimate of drug-likeness (QED) is 0.745. The monoisotopic (exact) mass is 368 g/mol. The number of nitrogens with two attached hydrogens (primary N) is 1. The molecule has 2 unspecified atom stereocenters. The van der Waals surface area contributed by atoms with E-state index in [0.717, 1.165) is 45.7 Å². The van der Waals surface area contributed by atoms with Gasteiger partial charge in [-0.1, -0.05) is 19.8 Å². The van der Waals surface area contributed by atoms with Crippen LogP contribution in [0.15, 0.2) is 0 Å². The van der Waals surface area contributed by atoms with Crippen LogP contribution in [0.3, 0.4) is 0 Å². The molecule has 1 aliphatic carbocycles. The number of piperazine rings is 1. The third-order valence-electron chi connectivity index (χ3n) is 5.13. The number of hydrogen-bond donors (Lipinski definition) is 2. The lowest BCUT2D eigenvalue weighted by Gasteiger charge is -2.34. The normalized spacial score (nSPS) is 26.0. The first-order chi connectivity index (χ1) is 10.2. The van der Waals surface area contributed by atoms with Crippen molar-refractivity contribution in [3.63, 3.8) is 0 Å². The second-order valence-electron chi connectivity index (χ2n) is 6.48. The summed E-state index contributed by atoms with van der Waals surface area (Å²) in [5, 5.41) is 3.22. The van der Waals surface area contributed by atoms with Gasteiger partial charge in [-0.05, 0) is 31.8 Å². The molecule has 2 aliphatic rings. The van der Waals surface area contributed by atoms with Gasteiger partial charge in [0.05, 0.1) is 0 Å². The largest absolute Gasteiger partial charge is 0.353 e. The molecule has 23 heavy (non-hydrogen) atoms. The molecule has 2 atom stereocenters. The maximum absolute atomic E-state index is 12.1. The number of halogens is 2. The van der Waals surface area contributed by atoms with Crippen molar-refractivity contribution >= 4 is 30.7 Å². The van der Waals surface area contributed by atoms with Gasteiger partial charge in [0.2, 0.25) is 5.91 Å². The summed E-state index contributed by atoms with van der Waals surface area (Å²) in [4.78, 5) is 17.0. The number of carbonyl (C=O) groups excluding carboxylic acids is 1. The molecule has 7 heteroatoms. The number of nitrogens with one attached hydrogen (secondary N) is 1. The molecule has 0 aromatic carbocycles. The molecule has 1 aliphatic heterocycles. The Hall–Kier alpha value is -0.0700. The van der Waals surface area contributed by atoms with Gasteiger partial charge in [0.1, 0.15) is 0 Å². The van der Waals surface area contributed by atoms with Crippen molar-refractivity contribution in [3.05, 3.63) is 0 Å². The van der Waals surface area contributed by atoms with Gasteiger partial charge >= 0.3 is 0 Å². The highest BCUT2D eigenvalue weighted by Gasteiger charge is 2.25. The lowest BCUT2D eigenvalue weighted by molar-refractivity contribution is -0.122. The minimum absolute atomic E-state index is 0. The lowest BCUT2D eigenvalue weighted by atomic mass is 9.84. The van der Waals surface area contributed by atoms with E-state index in [0.29, 0.717) is 24.9 Å². The molecule has 0 radical (unpaired) electrons. The zero-order chi connectivity index (χ0) is 15.1.